The second-order valence-electron chi connectivity index (χ2n) is 3.79. The number of terminal acetylenes is 1. The molecule has 0 amide bonds. The third-order valence-corrected chi connectivity index (χ3v) is 2.48. The number of rotatable bonds is 3. The van der Waals surface area contributed by atoms with Crippen molar-refractivity contribution >= 4 is 17.6 Å². The van der Waals surface area contributed by atoms with E-state index in [0.717, 1.165) is 5.56 Å². The average molecular weight is 250 g/mol. The number of aromatic hydroxyl groups is 1. The molecule has 0 atom stereocenters. The van der Waals surface area contributed by atoms with Crippen molar-refractivity contribution in [1.82, 2.24) is 0 Å². The molecule has 0 aliphatic heterocycles. The Balaban J connectivity index is 2.27. The van der Waals surface area contributed by atoms with Gasteiger partial charge in [0, 0.05) is 23.4 Å². The minimum Gasteiger partial charge on any atom is -0.507 e. The van der Waals surface area contributed by atoms with Crippen LogP contribution in [0.3, 0.4) is 0 Å². The molecule has 4 heteroatoms. The molecule has 2 rings (SSSR count). The lowest BCUT2D eigenvalue weighted by Gasteiger charge is -1.99. The lowest BCUT2D eigenvalue weighted by Crippen LogP contribution is -1.82. The maximum absolute atomic E-state index is 10.3. The van der Waals surface area contributed by atoms with Crippen molar-refractivity contribution in [3.63, 3.8) is 0 Å². The fourth-order valence-corrected chi connectivity index (χ4v) is 1.52. The molecule has 0 spiro atoms. The van der Waals surface area contributed by atoms with E-state index in [1.165, 1.54) is 18.3 Å². The summed E-state index contributed by atoms with van der Waals surface area (Å²) in [7, 11) is 0. The molecular formula is C15H10N2O2. The molecule has 2 aromatic rings. The van der Waals surface area contributed by atoms with Crippen molar-refractivity contribution in [2.45, 2.75) is 0 Å². The van der Waals surface area contributed by atoms with Crippen LogP contribution in [0, 0.1) is 17.3 Å². The Morgan fingerprint density at radius 2 is 2.00 bits per heavy atom. The first-order valence-electron chi connectivity index (χ1n) is 5.50. The molecule has 4 nitrogen and oxygen atoms in total. The van der Waals surface area contributed by atoms with E-state index in [-0.39, 0.29) is 11.4 Å². The van der Waals surface area contributed by atoms with E-state index in [4.69, 9.17) is 6.42 Å². The quantitative estimate of drug-likeness (QED) is 0.514. The first-order valence-corrected chi connectivity index (χ1v) is 5.50. The Labute approximate surface area is 110 Å². The first kappa shape index (κ1) is 12.5. The summed E-state index contributed by atoms with van der Waals surface area (Å²) in [5.41, 5.74) is 2.09. The molecule has 0 unspecified atom stereocenters. The normalized spacial score (nSPS) is 10.3. The second kappa shape index (κ2) is 5.61. The minimum atomic E-state index is -0.0473. The SMILES string of the molecule is C#Cc1cccc(N=Cc2ccc(N=O)cc2O)c1. The Morgan fingerprint density at radius 1 is 1.16 bits per heavy atom. The topological polar surface area (TPSA) is 62.0 Å². The monoisotopic (exact) mass is 250 g/mol. The predicted octanol–water partition coefficient (Wildman–Crippen LogP) is 3.52. The van der Waals surface area contributed by atoms with Gasteiger partial charge in [0.05, 0.1) is 5.69 Å². The van der Waals surface area contributed by atoms with Crippen LogP contribution in [0.4, 0.5) is 11.4 Å². The van der Waals surface area contributed by atoms with Gasteiger partial charge in [0.1, 0.15) is 11.4 Å². The highest BCUT2D eigenvalue weighted by Gasteiger charge is 2.00. The van der Waals surface area contributed by atoms with Crippen LogP contribution in [0.5, 0.6) is 5.75 Å². The number of nitroso groups, excluding NO2 is 1. The molecule has 0 fully saturated rings. The second-order valence-corrected chi connectivity index (χ2v) is 3.79. The van der Waals surface area contributed by atoms with Gasteiger partial charge in [-0.25, -0.2) is 0 Å². The van der Waals surface area contributed by atoms with Gasteiger partial charge in [0.25, 0.3) is 0 Å². The summed E-state index contributed by atoms with van der Waals surface area (Å²) in [6, 6.07) is 11.5. The van der Waals surface area contributed by atoms with E-state index in [2.05, 4.69) is 16.1 Å². The molecule has 0 saturated carbocycles. The van der Waals surface area contributed by atoms with Crippen LogP contribution in [-0.4, -0.2) is 11.3 Å². The summed E-state index contributed by atoms with van der Waals surface area (Å²) in [5.74, 6) is 2.47. The summed E-state index contributed by atoms with van der Waals surface area (Å²) in [5, 5.41) is 12.4. The van der Waals surface area contributed by atoms with Crippen molar-refractivity contribution < 1.29 is 5.11 Å². The Hall–Kier alpha value is -2.93. The van der Waals surface area contributed by atoms with Crippen molar-refractivity contribution in [2.75, 3.05) is 0 Å². The Kier molecular flexibility index (Phi) is 3.70. The van der Waals surface area contributed by atoms with E-state index in [1.807, 2.05) is 0 Å². The molecule has 0 radical (unpaired) electrons. The van der Waals surface area contributed by atoms with Crippen LogP contribution in [0.15, 0.2) is 52.6 Å². The van der Waals surface area contributed by atoms with Crippen LogP contribution >= 0.6 is 0 Å². The zero-order valence-corrected chi connectivity index (χ0v) is 9.95. The summed E-state index contributed by atoms with van der Waals surface area (Å²) >= 11 is 0. The van der Waals surface area contributed by atoms with Crippen LogP contribution in [0.25, 0.3) is 0 Å². The number of phenols is 1. The van der Waals surface area contributed by atoms with Crippen molar-refractivity contribution in [3.05, 3.63) is 58.5 Å². The van der Waals surface area contributed by atoms with Gasteiger partial charge in [-0.3, -0.25) is 4.99 Å². The average Bonchev–Trinajstić information content (AvgIpc) is 2.46. The fourth-order valence-electron chi connectivity index (χ4n) is 1.52. The van der Waals surface area contributed by atoms with Crippen LogP contribution in [0.1, 0.15) is 11.1 Å². The summed E-state index contributed by atoms with van der Waals surface area (Å²) in [6.45, 7) is 0. The van der Waals surface area contributed by atoms with Gasteiger partial charge in [-0.2, -0.15) is 0 Å². The molecule has 1 N–H and O–H groups in total. The molecule has 2 aromatic carbocycles. The maximum atomic E-state index is 10.3. The highest BCUT2D eigenvalue weighted by Crippen LogP contribution is 2.23. The Morgan fingerprint density at radius 3 is 2.68 bits per heavy atom. The largest absolute Gasteiger partial charge is 0.507 e. The molecule has 0 heterocycles. The van der Waals surface area contributed by atoms with E-state index in [1.54, 1.807) is 30.3 Å². The van der Waals surface area contributed by atoms with Gasteiger partial charge in [0.15, 0.2) is 0 Å². The lowest BCUT2D eigenvalue weighted by atomic mass is 10.2. The molecular weight excluding hydrogens is 240 g/mol. The highest BCUT2D eigenvalue weighted by molar-refractivity contribution is 5.86. The molecule has 0 aromatic heterocycles. The predicted molar refractivity (Wildman–Crippen MR) is 75.2 cm³/mol. The van der Waals surface area contributed by atoms with Gasteiger partial charge in [0.2, 0.25) is 0 Å². The molecule has 0 saturated heterocycles. The van der Waals surface area contributed by atoms with Crippen LogP contribution in [-0.2, 0) is 0 Å². The van der Waals surface area contributed by atoms with E-state index >= 15 is 0 Å². The van der Waals surface area contributed by atoms with Crippen molar-refractivity contribution in [3.8, 4) is 18.1 Å². The van der Waals surface area contributed by atoms with E-state index < -0.39 is 0 Å². The highest BCUT2D eigenvalue weighted by atomic mass is 16.3. The molecule has 0 aliphatic rings. The number of nitrogens with zero attached hydrogens (tertiary/aromatic N) is 2. The fraction of sp³-hybridized carbons (Fsp3) is 0. The third-order valence-electron chi connectivity index (χ3n) is 2.48. The lowest BCUT2D eigenvalue weighted by molar-refractivity contribution is 0.474. The molecule has 0 bridgehead atoms. The Bertz CT molecular complexity index is 685. The smallest absolute Gasteiger partial charge is 0.126 e. The number of phenolic OH excluding ortho intramolecular Hbond substituents is 1. The zero-order chi connectivity index (χ0) is 13.7. The van der Waals surface area contributed by atoms with E-state index in [0.29, 0.717) is 11.3 Å². The number of hydrogen-bond donors (Lipinski definition) is 1. The summed E-state index contributed by atoms with van der Waals surface area (Å²) < 4.78 is 0. The first-order chi connectivity index (χ1) is 9.22. The number of aliphatic imine (C=N–C) groups is 1. The van der Waals surface area contributed by atoms with Crippen molar-refractivity contribution in [2.24, 2.45) is 10.2 Å². The number of hydrogen-bond acceptors (Lipinski definition) is 4. The van der Waals surface area contributed by atoms with Gasteiger partial charge >= 0.3 is 0 Å². The number of benzene rings is 2. The van der Waals surface area contributed by atoms with Gasteiger partial charge in [-0.05, 0) is 35.5 Å². The summed E-state index contributed by atoms with van der Waals surface area (Å²) in [6.07, 6.45) is 6.80. The van der Waals surface area contributed by atoms with Gasteiger partial charge in [-0.1, -0.05) is 12.0 Å². The summed E-state index contributed by atoms with van der Waals surface area (Å²) in [4.78, 5) is 14.5. The molecule has 19 heavy (non-hydrogen) atoms. The van der Waals surface area contributed by atoms with Crippen LogP contribution in [0.2, 0.25) is 0 Å². The van der Waals surface area contributed by atoms with E-state index in [9.17, 15) is 10.0 Å². The van der Waals surface area contributed by atoms with Gasteiger partial charge in [-0.15, -0.1) is 11.3 Å². The zero-order valence-electron chi connectivity index (χ0n) is 9.95. The minimum absolute atomic E-state index is 0.0473. The van der Waals surface area contributed by atoms with Crippen molar-refractivity contribution in [1.29, 1.82) is 0 Å². The third kappa shape index (κ3) is 3.05. The maximum Gasteiger partial charge on any atom is 0.126 e. The van der Waals surface area contributed by atoms with Gasteiger partial charge < -0.3 is 5.11 Å². The molecule has 0 aliphatic carbocycles. The standard InChI is InChI=1S/C15H10N2O2/c1-2-11-4-3-5-13(8-11)16-10-12-6-7-14(17-19)9-15(12)18/h1,3-10,18H. The van der Waals surface area contributed by atoms with Crippen LogP contribution < -0.4 is 0 Å². The molecule has 92 valence electrons.